The minimum Gasteiger partial charge on any atom is -0.297 e. The molecule has 1 aliphatic rings. The molecule has 1 heterocycles. The molecular formula is C11H12OS. The van der Waals surface area contributed by atoms with Crippen molar-refractivity contribution in [2.45, 2.75) is 25.7 Å². The summed E-state index contributed by atoms with van der Waals surface area (Å²) in [6.45, 7) is 0. The summed E-state index contributed by atoms with van der Waals surface area (Å²) < 4.78 is 0. The Kier molecular flexibility index (Phi) is 2.60. The molecule has 0 saturated carbocycles. The third-order valence-corrected chi connectivity index (χ3v) is 3.26. The zero-order valence-electron chi connectivity index (χ0n) is 7.45. The Morgan fingerprint density at radius 2 is 2.31 bits per heavy atom. The molecule has 2 heteroatoms. The van der Waals surface area contributed by atoms with Crippen LogP contribution >= 0.6 is 11.3 Å². The average Bonchev–Trinajstić information content (AvgIpc) is 2.67. The third-order valence-electron chi connectivity index (χ3n) is 2.40. The van der Waals surface area contributed by atoms with Crippen molar-refractivity contribution in [3.05, 3.63) is 28.0 Å². The van der Waals surface area contributed by atoms with Crippen LogP contribution in [0, 0.1) is 0 Å². The van der Waals surface area contributed by atoms with E-state index >= 15 is 0 Å². The van der Waals surface area contributed by atoms with E-state index in [2.05, 4.69) is 11.5 Å². The van der Waals surface area contributed by atoms with Crippen molar-refractivity contribution in [2.75, 3.05) is 0 Å². The van der Waals surface area contributed by atoms with Gasteiger partial charge in [-0.05, 0) is 48.3 Å². The lowest BCUT2D eigenvalue weighted by molar-refractivity contribution is 0.112. The first kappa shape index (κ1) is 8.70. The molecule has 13 heavy (non-hydrogen) atoms. The lowest BCUT2D eigenvalue weighted by atomic mass is 9.95. The van der Waals surface area contributed by atoms with Crippen LogP contribution in [0.2, 0.25) is 0 Å². The smallest absolute Gasteiger partial charge is 0.160 e. The molecule has 0 fully saturated rings. The fourth-order valence-corrected chi connectivity index (χ4v) is 2.42. The summed E-state index contributed by atoms with van der Waals surface area (Å²) in [6.07, 6.45) is 8.21. The van der Waals surface area contributed by atoms with E-state index < -0.39 is 0 Å². The molecule has 68 valence electrons. The molecule has 2 rings (SSSR count). The second kappa shape index (κ2) is 3.88. The van der Waals surface area contributed by atoms with Gasteiger partial charge in [0, 0.05) is 0 Å². The molecule has 0 saturated heterocycles. The van der Waals surface area contributed by atoms with Crippen LogP contribution in [0.4, 0.5) is 0 Å². The van der Waals surface area contributed by atoms with Crippen LogP contribution in [0.1, 0.15) is 40.9 Å². The van der Waals surface area contributed by atoms with Gasteiger partial charge in [0.1, 0.15) is 0 Å². The second-order valence-corrected chi connectivity index (χ2v) is 4.27. The summed E-state index contributed by atoms with van der Waals surface area (Å²) in [4.78, 5) is 11.3. The van der Waals surface area contributed by atoms with Gasteiger partial charge in [0.2, 0.25) is 0 Å². The Morgan fingerprint density at radius 1 is 1.38 bits per heavy atom. The number of thiophene rings is 1. The monoisotopic (exact) mass is 192 g/mol. The lowest BCUT2D eigenvalue weighted by Gasteiger charge is -2.10. The zero-order chi connectivity index (χ0) is 9.10. The fourth-order valence-electron chi connectivity index (χ4n) is 1.68. The van der Waals surface area contributed by atoms with Gasteiger partial charge >= 0.3 is 0 Å². The van der Waals surface area contributed by atoms with Crippen molar-refractivity contribution in [3.63, 3.8) is 0 Å². The topological polar surface area (TPSA) is 17.1 Å². The molecule has 0 radical (unpaired) electrons. The van der Waals surface area contributed by atoms with Crippen LogP contribution in [0.3, 0.4) is 0 Å². The van der Waals surface area contributed by atoms with E-state index in [1.54, 1.807) is 0 Å². The molecular weight excluding hydrogens is 180 g/mol. The highest BCUT2D eigenvalue weighted by Crippen LogP contribution is 2.29. The van der Waals surface area contributed by atoms with Gasteiger partial charge < -0.3 is 0 Å². The third kappa shape index (κ3) is 1.89. The summed E-state index contributed by atoms with van der Waals surface area (Å²) in [6, 6.07) is 1.99. The number of rotatable bonds is 2. The number of hydrogen-bond donors (Lipinski definition) is 0. The molecule has 1 aliphatic carbocycles. The largest absolute Gasteiger partial charge is 0.297 e. The first-order chi connectivity index (χ1) is 6.40. The normalized spacial score (nSPS) is 16.8. The zero-order valence-corrected chi connectivity index (χ0v) is 8.27. The molecule has 0 aliphatic heterocycles. The van der Waals surface area contributed by atoms with Crippen molar-refractivity contribution < 1.29 is 4.79 Å². The van der Waals surface area contributed by atoms with Gasteiger partial charge in [0.05, 0.1) is 4.88 Å². The van der Waals surface area contributed by atoms with Gasteiger partial charge in [-0.3, -0.25) is 4.79 Å². The number of carbonyl (C=O) groups excluding carboxylic acids is 1. The number of carbonyl (C=O) groups is 1. The molecule has 0 amide bonds. The highest BCUT2D eigenvalue weighted by molar-refractivity contribution is 7.11. The first-order valence-electron chi connectivity index (χ1n) is 4.63. The van der Waals surface area contributed by atoms with E-state index in [1.807, 2.05) is 6.07 Å². The van der Waals surface area contributed by atoms with Crippen LogP contribution < -0.4 is 0 Å². The van der Waals surface area contributed by atoms with Gasteiger partial charge in [0.15, 0.2) is 6.29 Å². The van der Waals surface area contributed by atoms with Crippen molar-refractivity contribution >= 4 is 23.2 Å². The van der Waals surface area contributed by atoms with Crippen LogP contribution in [0.25, 0.3) is 5.57 Å². The van der Waals surface area contributed by atoms with Crippen LogP contribution in [0.5, 0.6) is 0 Å². The summed E-state index contributed by atoms with van der Waals surface area (Å²) >= 11 is 1.53. The molecule has 0 N–H and O–H groups in total. The van der Waals surface area contributed by atoms with Crippen LogP contribution in [-0.4, -0.2) is 6.29 Å². The minimum atomic E-state index is 0.835. The molecule has 1 aromatic heterocycles. The van der Waals surface area contributed by atoms with Gasteiger partial charge in [-0.1, -0.05) is 6.08 Å². The Morgan fingerprint density at radius 3 is 2.92 bits per heavy atom. The number of hydrogen-bond acceptors (Lipinski definition) is 2. The SMILES string of the molecule is O=Cc1cc(C2=CCCCC2)cs1. The van der Waals surface area contributed by atoms with Crippen molar-refractivity contribution in [3.8, 4) is 0 Å². The maximum Gasteiger partial charge on any atom is 0.160 e. The molecule has 0 spiro atoms. The number of aldehydes is 1. The summed E-state index contributed by atoms with van der Waals surface area (Å²) in [7, 11) is 0. The Labute approximate surface area is 82.1 Å². The highest BCUT2D eigenvalue weighted by atomic mass is 32.1. The summed E-state index contributed by atoms with van der Waals surface area (Å²) in [5.41, 5.74) is 2.68. The Balaban J connectivity index is 2.23. The average molecular weight is 192 g/mol. The van der Waals surface area contributed by atoms with E-state index in [0.29, 0.717) is 0 Å². The summed E-state index contributed by atoms with van der Waals surface area (Å²) in [5, 5.41) is 2.08. The predicted molar refractivity (Wildman–Crippen MR) is 56.2 cm³/mol. The van der Waals surface area contributed by atoms with Crippen molar-refractivity contribution in [2.24, 2.45) is 0 Å². The van der Waals surface area contributed by atoms with Crippen LogP contribution in [-0.2, 0) is 0 Å². The minimum absolute atomic E-state index is 0.835. The summed E-state index contributed by atoms with van der Waals surface area (Å²) in [5.74, 6) is 0. The van der Waals surface area contributed by atoms with Crippen molar-refractivity contribution in [1.29, 1.82) is 0 Å². The van der Waals surface area contributed by atoms with Crippen LogP contribution in [0.15, 0.2) is 17.5 Å². The Bertz CT molecular complexity index is 336. The maximum absolute atomic E-state index is 10.5. The number of allylic oxidation sites excluding steroid dienone is 2. The molecule has 0 unspecified atom stereocenters. The molecule has 0 bridgehead atoms. The van der Waals surface area contributed by atoms with Gasteiger partial charge in [-0.2, -0.15) is 0 Å². The van der Waals surface area contributed by atoms with E-state index in [-0.39, 0.29) is 0 Å². The van der Waals surface area contributed by atoms with E-state index in [4.69, 9.17) is 0 Å². The lowest BCUT2D eigenvalue weighted by Crippen LogP contribution is -1.89. The van der Waals surface area contributed by atoms with Crippen molar-refractivity contribution in [1.82, 2.24) is 0 Å². The van der Waals surface area contributed by atoms with E-state index in [1.165, 1.54) is 48.2 Å². The fraction of sp³-hybridized carbons (Fsp3) is 0.364. The predicted octanol–water partition coefficient (Wildman–Crippen LogP) is 3.52. The van der Waals surface area contributed by atoms with E-state index in [0.717, 1.165) is 11.2 Å². The first-order valence-corrected chi connectivity index (χ1v) is 5.51. The van der Waals surface area contributed by atoms with Gasteiger partial charge in [0.25, 0.3) is 0 Å². The molecule has 0 aromatic carbocycles. The standard InChI is InChI=1S/C11H12OS/c12-7-11-6-10(8-13-11)9-4-2-1-3-5-9/h4,6-8H,1-3,5H2. The van der Waals surface area contributed by atoms with E-state index in [9.17, 15) is 4.79 Å². The highest BCUT2D eigenvalue weighted by Gasteiger charge is 2.07. The Hall–Kier alpha value is -0.890. The van der Waals surface area contributed by atoms with Gasteiger partial charge in [-0.15, -0.1) is 11.3 Å². The molecule has 1 nitrogen and oxygen atoms in total. The quantitative estimate of drug-likeness (QED) is 0.655. The second-order valence-electron chi connectivity index (χ2n) is 3.33. The van der Waals surface area contributed by atoms with Gasteiger partial charge in [-0.25, -0.2) is 0 Å². The molecule has 0 atom stereocenters. The molecule has 1 aromatic rings. The maximum atomic E-state index is 10.5.